The molecule has 0 aliphatic carbocycles. The van der Waals surface area contributed by atoms with E-state index in [1.807, 2.05) is 10.8 Å². The van der Waals surface area contributed by atoms with Gasteiger partial charge in [-0.1, -0.05) is 12.1 Å². The molecule has 0 bridgehead atoms. The lowest BCUT2D eigenvalue weighted by Crippen LogP contribution is -2.22. The summed E-state index contributed by atoms with van der Waals surface area (Å²) >= 11 is 0. The lowest BCUT2D eigenvalue weighted by Gasteiger charge is -2.15. The van der Waals surface area contributed by atoms with Crippen LogP contribution in [-0.2, 0) is 11.3 Å². The Morgan fingerprint density at radius 2 is 2.12 bits per heavy atom. The maximum atomic E-state index is 5.65. The highest BCUT2D eigenvalue weighted by molar-refractivity contribution is 5.34. The van der Waals surface area contributed by atoms with Crippen molar-refractivity contribution in [3.8, 4) is 5.69 Å². The van der Waals surface area contributed by atoms with Crippen molar-refractivity contribution in [1.29, 1.82) is 0 Å². The molecule has 0 saturated carbocycles. The number of nitrogens with zero attached hydrogens (tertiary/aromatic N) is 5. The Morgan fingerprint density at radius 3 is 2.79 bits per heavy atom. The second-order valence-corrected chi connectivity index (χ2v) is 6.11. The van der Waals surface area contributed by atoms with Crippen LogP contribution in [0, 0.1) is 0 Å². The first-order chi connectivity index (χ1) is 11.8. The van der Waals surface area contributed by atoms with Gasteiger partial charge in [0.1, 0.15) is 0 Å². The summed E-state index contributed by atoms with van der Waals surface area (Å²) in [7, 11) is 1.77. The van der Waals surface area contributed by atoms with Crippen LogP contribution in [0.2, 0.25) is 0 Å². The van der Waals surface area contributed by atoms with Crippen LogP contribution in [0.15, 0.2) is 49.2 Å². The fraction of sp³-hybridized carbons (Fsp3) is 0.353. The van der Waals surface area contributed by atoms with Gasteiger partial charge in [0, 0.05) is 50.7 Å². The van der Waals surface area contributed by atoms with Gasteiger partial charge >= 0.3 is 0 Å². The van der Waals surface area contributed by atoms with Gasteiger partial charge in [-0.25, -0.2) is 4.98 Å². The minimum absolute atomic E-state index is 0.153. The lowest BCUT2D eigenvalue weighted by molar-refractivity contribution is 0.0957. The highest BCUT2D eigenvalue weighted by Gasteiger charge is 2.35. The van der Waals surface area contributed by atoms with E-state index in [1.165, 1.54) is 5.56 Å². The first-order valence-corrected chi connectivity index (χ1v) is 8.01. The summed E-state index contributed by atoms with van der Waals surface area (Å²) in [5.41, 5.74) is 3.38. The molecular formula is C17H20N6O. The fourth-order valence-electron chi connectivity index (χ4n) is 3.34. The van der Waals surface area contributed by atoms with Gasteiger partial charge in [-0.05, 0) is 17.7 Å². The molecule has 1 aliphatic heterocycles. The zero-order valence-electron chi connectivity index (χ0n) is 13.5. The quantitative estimate of drug-likeness (QED) is 0.772. The predicted octanol–water partition coefficient (Wildman–Crippen LogP) is 1.60. The largest absolute Gasteiger partial charge is 0.379 e. The van der Waals surface area contributed by atoms with E-state index in [4.69, 9.17) is 4.74 Å². The van der Waals surface area contributed by atoms with E-state index in [0.717, 1.165) is 31.0 Å². The highest BCUT2D eigenvalue weighted by atomic mass is 16.5. The standard InChI is InChI=1S/C17H20N6O/c1-24-17-11-22(10-15(17)16-8-19-21-20-16)9-13-2-4-14(5-3-13)23-7-6-18-12-23/h2-8,12,15,17H,9-11H2,1H3,(H,19,20,21)/t15-,17+/m0/s1. The Balaban J connectivity index is 1.44. The SMILES string of the molecule is CO[C@@H]1CN(Cc2ccc(-n3ccnc3)cc2)C[C@H]1c1cn[nH]n1. The average Bonchev–Trinajstić information content (AvgIpc) is 3.36. The van der Waals surface area contributed by atoms with Crippen LogP contribution in [0.1, 0.15) is 17.2 Å². The van der Waals surface area contributed by atoms with Gasteiger partial charge in [-0.3, -0.25) is 4.90 Å². The number of ether oxygens (including phenoxy) is 1. The van der Waals surface area contributed by atoms with Crippen molar-refractivity contribution < 1.29 is 4.74 Å². The van der Waals surface area contributed by atoms with Gasteiger partial charge in [0.15, 0.2) is 0 Å². The van der Waals surface area contributed by atoms with Crippen LogP contribution in [0.25, 0.3) is 5.69 Å². The van der Waals surface area contributed by atoms with Crippen LogP contribution in [0.5, 0.6) is 0 Å². The maximum Gasteiger partial charge on any atom is 0.0991 e. The molecule has 1 aromatic carbocycles. The van der Waals surface area contributed by atoms with E-state index in [2.05, 4.69) is 49.6 Å². The van der Waals surface area contributed by atoms with Crippen molar-refractivity contribution in [2.24, 2.45) is 0 Å². The van der Waals surface area contributed by atoms with Gasteiger partial charge in [-0.15, -0.1) is 0 Å². The molecule has 3 heterocycles. The molecule has 0 amide bonds. The third-order valence-corrected chi connectivity index (χ3v) is 4.60. The second-order valence-electron chi connectivity index (χ2n) is 6.11. The Labute approximate surface area is 140 Å². The third-order valence-electron chi connectivity index (χ3n) is 4.60. The molecule has 2 aromatic heterocycles. The number of rotatable bonds is 5. The number of methoxy groups -OCH3 is 1. The molecule has 7 nitrogen and oxygen atoms in total. The molecular weight excluding hydrogens is 304 g/mol. The topological polar surface area (TPSA) is 71.9 Å². The van der Waals surface area contributed by atoms with E-state index in [9.17, 15) is 0 Å². The summed E-state index contributed by atoms with van der Waals surface area (Å²) in [4.78, 5) is 6.48. The second kappa shape index (κ2) is 6.54. The van der Waals surface area contributed by atoms with Gasteiger partial charge in [0.25, 0.3) is 0 Å². The molecule has 124 valence electrons. The monoisotopic (exact) mass is 324 g/mol. The van der Waals surface area contributed by atoms with Gasteiger partial charge in [-0.2, -0.15) is 15.4 Å². The first kappa shape index (κ1) is 15.0. The Hall–Kier alpha value is -2.51. The van der Waals surface area contributed by atoms with Gasteiger partial charge in [0.05, 0.1) is 24.3 Å². The van der Waals surface area contributed by atoms with Crippen molar-refractivity contribution in [3.63, 3.8) is 0 Å². The van der Waals surface area contributed by atoms with Crippen LogP contribution in [0.4, 0.5) is 0 Å². The number of imidazole rings is 1. The zero-order valence-corrected chi connectivity index (χ0v) is 13.5. The summed E-state index contributed by atoms with van der Waals surface area (Å²) in [6.45, 7) is 2.73. The molecule has 1 N–H and O–H groups in total. The molecule has 7 heteroatoms. The lowest BCUT2D eigenvalue weighted by atomic mass is 10.0. The summed E-state index contributed by atoms with van der Waals surface area (Å²) in [6, 6.07) is 8.58. The Kier molecular flexibility index (Phi) is 4.10. The van der Waals surface area contributed by atoms with E-state index in [0.29, 0.717) is 0 Å². The number of nitrogens with one attached hydrogen (secondary N) is 1. The molecule has 1 aliphatic rings. The first-order valence-electron chi connectivity index (χ1n) is 8.01. The summed E-state index contributed by atoms with van der Waals surface area (Å²) < 4.78 is 7.65. The Morgan fingerprint density at radius 1 is 1.25 bits per heavy atom. The molecule has 4 rings (SSSR count). The molecule has 0 spiro atoms. The number of H-pyrrole nitrogens is 1. The van der Waals surface area contributed by atoms with Crippen molar-refractivity contribution in [3.05, 3.63) is 60.4 Å². The van der Waals surface area contributed by atoms with Crippen LogP contribution in [0.3, 0.4) is 0 Å². The van der Waals surface area contributed by atoms with Crippen molar-refractivity contribution in [1.82, 2.24) is 29.9 Å². The number of likely N-dealkylation sites (tertiary alicyclic amines) is 1. The number of benzene rings is 1. The molecule has 0 unspecified atom stereocenters. The molecule has 1 fully saturated rings. The normalized spacial score (nSPS) is 21.4. The summed E-state index contributed by atoms with van der Waals surface area (Å²) in [5, 5.41) is 10.8. The molecule has 3 aromatic rings. The van der Waals surface area contributed by atoms with Crippen LogP contribution >= 0.6 is 0 Å². The van der Waals surface area contributed by atoms with Crippen LogP contribution in [-0.4, -0.2) is 56.2 Å². The summed E-state index contributed by atoms with van der Waals surface area (Å²) in [5.74, 6) is 0.263. The minimum atomic E-state index is 0.153. The predicted molar refractivity (Wildman–Crippen MR) is 88.8 cm³/mol. The molecule has 24 heavy (non-hydrogen) atoms. The van der Waals surface area contributed by atoms with Gasteiger partial charge in [0.2, 0.25) is 0 Å². The van der Waals surface area contributed by atoms with E-state index < -0.39 is 0 Å². The number of aromatic nitrogens is 5. The van der Waals surface area contributed by atoms with E-state index in [-0.39, 0.29) is 12.0 Å². The smallest absolute Gasteiger partial charge is 0.0991 e. The minimum Gasteiger partial charge on any atom is -0.379 e. The molecule has 0 radical (unpaired) electrons. The number of hydrogen-bond acceptors (Lipinski definition) is 5. The fourth-order valence-corrected chi connectivity index (χ4v) is 3.34. The molecule has 1 saturated heterocycles. The Bertz CT molecular complexity index is 753. The van der Waals surface area contributed by atoms with Crippen molar-refractivity contribution >= 4 is 0 Å². The molecule has 2 atom stereocenters. The number of hydrogen-bond donors (Lipinski definition) is 1. The van der Waals surface area contributed by atoms with E-state index >= 15 is 0 Å². The van der Waals surface area contributed by atoms with Crippen LogP contribution < -0.4 is 0 Å². The third kappa shape index (κ3) is 2.95. The summed E-state index contributed by atoms with van der Waals surface area (Å²) in [6.07, 6.45) is 7.48. The highest BCUT2D eigenvalue weighted by Crippen LogP contribution is 2.28. The maximum absolute atomic E-state index is 5.65. The van der Waals surface area contributed by atoms with Crippen molar-refractivity contribution in [2.75, 3.05) is 20.2 Å². The average molecular weight is 324 g/mol. The van der Waals surface area contributed by atoms with Gasteiger partial charge < -0.3 is 9.30 Å². The number of aromatic amines is 1. The zero-order chi connectivity index (χ0) is 16.4. The van der Waals surface area contributed by atoms with E-state index in [1.54, 1.807) is 25.8 Å². The van der Waals surface area contributed by atoms with Crippen molar-refractivity contribution in [2.45, 2.75) is 18.6 Å².